The summed E-state index contributed by atoms with van der Waals surface area (Å²) in [5.74, 6) is -0.392. The van der Waals surface area contributed by atoms with Crippen molar-refractivity contribution in [3.05, 3.63) is 0 Å². The van der Waals surface area contributed by atoms with Gasteiger partial charge in [0, 0.05) is 7.11 Å². The third kappa shape index (κ3) is 4.97. The van der Waals surface area contributed by atoms with Gasteiger partial charge in [0.15, 0.2) is 0 Å². The van der Waals surface area contributed by atoms with Gasteiger partial charge in [-0.3, -0.25) is 4.79 Å². The average molecular weight is 250 g/mol. The fourth-order valence-corrected chi connectivity index (χ4v) is 1.11. The van der Waals surface area contributed by atoms with Crippen LogP contribution >= 0.6 is 0 Å². The van der Waals surface area contributed by atoms with Gasteiger partial charge in [0.1, 0.15) is 25.2 Å². The molecule has 0 bridgehead atoms. The molecule has 1 aliphatic heterocycles. The van der Waals surface area contributed by atoms with Gasteiger partial charge in [0.2, 0.25) is 0 Å². The van der Waals surface area contributed by atoms with Crippen molar-refractivity contribution in [3.8, 4) is 0 Å². The molecule has 0 aromatic heterocycles. The highest BCUT2D eigenvalue weighted by molar-refractivity contribution is 5.76. The molecule has 7 heteroatoms. The van der Waals surface area contributed by atoms with Crippen molar-refractivity contribution in [2.24, 2.45) is 5.41 Å². The molecule has 0 amide bonds. The molecule has 0 aromatic carbocycles. The van der Waals surface area contributed by atoms with Crippen molar-refractivity contribution in [2.75, 3.05) is 46.8 Å². The van der Waals surface area contributed by atoms with Crippen LogP contribution in [0.2, 0.25) is 0 Å². The maximum atomic E-state index is 11.7. The van der Waals surface area contributed by atoms with E-state index in [9.17, 15) is 4.79 Å². The monoisotopic (exact) mass is 250 g/mol. The molecule has 1 fully saturated rings. The molecule has 1 heterocycles. The van der Waals surface area contributed by atoms with E-state index < -0.39 is 11.4 Å². The summed E-state index contributed by atoms with van der Waals surface area (Å²) in [6.07, 6.45) is 0. The van der Waals surface area contributed by atoms with E-state index in [2.05, 4.69) is 14.8 Å². The summed E-state index contributed by atoms with van der Waals surface area (Å²) < 4.78 is 15.0. The second-order valence-electron chi connectivity index (χ2n) is 3.89. The van der Waals surface area contributed by atoms with Crippen LogP contribution in [0.4, 0.5) is 0 Å². The minimum absolute atomic E-state index is 0.108. The van der Waals surface area contributed by atoms with Gasteiger partial charge in [0.05, 0.1) is 19.8 Å². The molecule has 0 N–H and O–H groups in total. The molecule has 0 radical (unpaired) electrons. The first kappa shape index (κ1) is 14.3. The topological polar surface area (TPSA) is 72.5 Å². The highest BCUT2D eigenvalue weighted by Gasteiger charge is 2.39. The zero-order valence-electron chi connectivity index (χ0n) is 10.1. The molecule has 0 aromatic rings. The van der Waals surface area contributed by atoms with Gasteiger partial charge >= 0.3 is 5.97 Å². The van der Waals surface area contributed by atoms with Crippen LogP contribution in [0.5, 0.6) is 0 Å². The molecule has 100 valence electrons. The lowest BCUT2D eigenvalue weighted by atomic mass is 9.93. The van der Waals surface area contributed by atoms with Gasteiger partial charge in [0.25, 0.3) is 0 Å². The normalized spacial score (nSPS) is 18.9. The highest BCUT2D eigenvalue weighted by atomic mass is 17.5. The molecule has 0 saturated carbocycles. The number of methoxy groups -OCH3 is 1. The van der Waals surface area contributed by atoms with Crippen molar-refractivity contribution >= 4 is 5.97 Å². The van der Waals surface area contributed by atoms with Gasteiger partial charge in [-0.25, -0.2) is 9.78 Å². The summed E-state index contributed by atoms with van der Waals surface area (Å²) in [4.78, 5) is 20.9. The second kappa shape index (κ2) is 7.57. The quantitative estimate of drug-likeness (QED) is 0.360. The van der Waals surface area contributed by atoms with Crippen LogP contribution in [0, 0.1) is 5.41 Å². The Morgan fingerprint density at radius 2 is 1.82 bits per heavy atom. The van der Waals surface area contributed by atoms with E-state index in [1.807, 2.05) is 0 Å². The molecule has 0 atom stereocenters. The van der Waals surface area contributed by atoms with E-state index in [1.54, 1.807) is 14.0 Å². The van der Waals surface area contributed by atoms with Crippen molar-refractivity contribution in [1.29, 1.82) is 0 Å². The summed E-state index contributed by atoms with van der Waals surface area (Å²) in [6.45, 7) is 3.43. The van der Waals surface area contributed by atoms with Crippen LogP contribution in [0.3, 0.4) is 0 Å². The summed E-state index contributed by atoms with van der Waals surface area (Å²) in [5.41, 5.74) is -0.829. The van der Waals surface area contributed by atoms with E-state index in [-0.39, 0.29) is 19.8 Å². The maximum Gasteiger partial charge on any atom is 0.316 e. The fraction of sp³-hybridized carbons (Fsp3) is 0.900. The number of hydrogen-bond acceptors (Lipinski definition) is 7. The average Bonchev–Trinajstić information content (AvgIpc) is 2.34. The number of ether oxygens (including phenoxy) is 3. The van der Waals surface area contributed by atoms with Gasteiger partial charge in [-0.15, -0.1) is 0 Å². The molecule has 0 aliphatic carbocycles. The number of hydrogen-bond donors (Lipinski definition) is 0. The molecule has 0 spiro atoms. The Hall–Kier alpha value is -0.730. The van der Waals surface area contributed by atoms with Crippen LogP contribution in [-0.2, 0) is 33.8 Å². The fourth-order valence-electron chi connectivity index (χ4n) is 1.11. The van der Waals surface area contributed by atoms with Crippen LogP contribution in [0.1, 0.15) is 6.92 Å². The summed E-state index contributed by atoms with van der Waals surface area (Å²) in [5, 5.41) is 4.24. The molecule has 1 aliphatic rings. The zero-order valence-corrected chi connectivity index (χ0v) is 10.1. The Labute approximate surface area is 99.7 Å². The first-order valence-electron chi connectivity index (χ1n) is 5.34. The molecule has 1 rings (SSSR count). The minimum atomic E-state index is -0.829. The lowest BCUT2D eigenvalue weighted by molar-refractivity contribution is -0.546. The lowest BCUT2D eigenvalue weighted by Gasteiger charge is -2.28. The minimum Gasteiger partial charge on any atom is -0.463 e. The van der Waals surface area contributed by atoms with Crippen LogP contribution in [-0.4, -0.2) is 52.7 Å². The first-order valence-corrected chi connectivity index (χ1v) is 5.34. The zero-order chi connectivity index (χ0) is 12.6. The summed E-state index contributed by atoms with van der Waals surface area (Å²) >= 11 is 0. The van der Waals surface area contributed by atoms with Gasteiger partial charge < -0.3 is 14.2 Å². The summed E-state index contributed by atoms with van der Waals surface area (Å²) in [7, 11) is 1.59. The molecule has 0 unspecified atom stereocenters. The van der Waals surface area contributed by atoms with E-state index in [0.717, 1.165) is 0 Å². The Morgan fingerprint density at radius 1 is 1.18 bits per heavy atom. The number of carbonyl (C=O) groups is 1. The third-order valence-electron chi connectivity index (χ3n) is 2.24. The van der Waals surface area contributed by atoms with Crippen molar-refractivity contribution in [1.82, 2.24) is 0 Å². The Balaban J connectivity index is 2.11. The van der Waals surface area contributed by atoms with Crippen LogP contribution < -0.4 is 0 Å². The number of rotatable bonds is 7. The number of esters is 1. The largest absolute Gasteiger partial charge is 0.463 e. The van der Waals surface area contributed by atoms with E-state index >= 15 is 0 Å². The Bertz CT molecular complexity index is 225. The highest BCUT2D eigenvalue weighted by Crippen LogP contribution is 2.23. The Kier molecular flexibility index (Phi) is 6.38. The van der Waals surface area contributed by atoms with Crippen molar-refractivity contribution in [3.63, 3.8) is 0 Å². The molecule has 1 saturated heterocycles. The van der Waals surface area contributed by atoms with Crippen LogP contribution in [0.25, 0.3) is 0 Å². The van der Waals surface area contributed by atoms with E-state index in [4.69, 9.17) is 14.2 Å². The predicted molar refractivity (Wildman–Crippen MR) is 54.8 cm³/mol. The second-order valence-corrected chi connectivity index (χ2v) is 3.89. The van der Waals surface area contributed by atoms with Crippen molar-refractivity contribution in [2.45, 2.75) is 6.92 Å². The van der Waals surface area contributed by atoms with Gasteiger partial charge in [-0.1, -0.05) is 5.04 Å². The standard InChI is InChI=1S/C10H18O7/c1-10(7-15-17-16-8-10)9(11)14-6-5-13-4-3-12-2/h3-8H2,1-2H3. The molecular formula is C10H18O7. The van der Waals surface area contributed by atoms with Gasteiger partial charge in [-0.2, -0.15) is 0 Å². The van der Waals surface area contributed by atoms with Crippen LogP contribution in [0.15, 0.2) is 0 Å². The summed E-state index contributed by atoms with van der Waals surface area (Å²) in [6, 6.07) is 0. The lowest BCUT2D eigenvalue weighted by Crippen LogP contribution is -2.42. The maximum absolute atomic E-state index is 11.7. The third-order valence-corrected chi connectivity index (χ3v) is 2.24. The number of carbonyl (C=O) groups excluding carboxylic acids is 1. The van der Waals surface area contributed by atoms with Crippen molar-refractivity contribution < 1.29 is 33.8 Å². The van der Waals surface area contributed by atoms with E-state index in [0.29, 0.717) is 19.8 Å². The molecular weight excluding hydrogens is 232 g/mol. The molecule has 17 heavy (non-hydrogen) atoms. The predicted octanol–water partition coefficient (Wildman–Crippen LogP) is 0.0923. The van der Waals surface area contributed by atoms with E-state index in [1.165, 1.54) is 0 Å². The van der Waals surface area contributed by atoms with Gasteiger partial charge in [-0.05, 0) is 6.92 Å². The smallest absolute Gasteiger partial charge is 0.316 e. The molecule has 7 nitrogen and oxygen atoms in total. The Morgan fingerprint density at radius 3 is 2.47 bits per heavy atom. The SMILES string of the molecule is COCCOCCOC(=O)C1(C)COOOC1. The first-order chi connectivity index (χ1) is 8.19.